The van der Waals surface area contributed by atoms with Crippen LogP contribution in [0.2, 0.25) is 0 Å². The molecule has 0 heterocycles. The third kappa shape index (κ3) is 1.53. The summed E-state index contributed by atoms with van der Waals surface area (Å²) in [6, 6.07) is 27.2. The maximum absolute atomic E-state index is 2.43. The van der Waals surface area contributed by atoms with E-state index in [2.05, 4.69) is 72.8 Å². The van der Waals surface area contributed by atoms with E-state index in [0.29, 0.717) is 0 Å². The quantitative estimate of drug-likeness (QED) is 0.229. The van der Waals surface area contributed by atoms with Gasteiger partial charge in [-0.1, -0.05) is 60.7 Å². The zero-order valence-corrected chi connectivity index (χ0v) is 13.3. The number of fused-ring (bicyclic) bond motifs is 5. The molecule has 0 radical (unpaired) electrons. The molecule has 5 aromatic rings. The highest BCUT2D eigenvalue weighted by Crippen LogP contribution is 2.38. The van der Waals surface area contributed by atoms with Gasteiger partial charge < -0.3 is 0 Å². The van der Waals surface area contributed by atoms with Crippen molar-refractivity contribution in [3.63, 3.8) is 0 Å². The van der Waals surface area contributed by atoms with E-state index in [4.69, 9.17) is 0 Å². The maximum Gasteiger partial charge on any atom is -0.00987 e. The summed E-state index contributed by atoms with van der Waals surface area (Å²) in [6.07, 6.45) is 2.37. The molecular weight excluding hydrogens is 288 g/mol. The molecule has 0 fully saturated rings. The third-order valence-electron chi connectivity index (χ3n) is 5.67. The minimum atomic E-state index is 1.18. The molecule has 0 bridgehead atoms. The fourth-order valence-corrected chi connectivity index (χ4v) is 4.56. The van der Waals surface area contributed by atoms with Crippen LogP contribution in [0.25, 0.3) is 43.1 Å². The second kappa shape index (κ2) is 4.36. The average molecular weight is 304 g/mol. The molecule has 24 heavy (non-hydrogen) atoms. The lowest BCUT2D eigenvalue weighted by Gasteiger charge is -2.10. The molecule has 0 unspecified atom stereocenters. The second-order valence-electron chi connectivity index (χ2n) is 6.96. The van der Waals surface area contributed by atoms with Crippen molar-refractivity contribution in [3.8, 4) is 0 Å². The van der Waals surface area contributed by atoms with E-state index in [1.807, 2.05) is 0 Å². The van der Waals surface area contributed by atoms with Crippen molar-refractivity contribution in [2.24, 2.45) is 0 Å². The average Bonchev–Trinajstić information content (AvgIpc) is 3.05. The Morgan fingerprint density at radius 2 is 1.21 bits per heavy atom. The first-order chi connectivity index (χ1) is 11.9. The standard InChI is InChI=1S/C24H16/c1-2-6-20-15(4-1)8-10-17-13-23-19(14-22(17)20)12-18-11-9-16-5-3-7-21(23)24(16)18/h1-8,10,12-14H,9,11H2. The van der Waals surface area contributed by atoms with Crippen molar-refractivity contribution in [3.05, 3.63) is 83.9 Å². The van der Waals surface area contributed by atoms with Gasteiger partial charge in [-0.2, -0.15) is 0 Å². The fraction of sp³-hybridized carbons (Fsp3) is 0.0833. The SMILES string of the molecule is c1ccc2c(c1)ccc1cc3c(cc4c5c(cccc53)CC4)cc12. The Bertz CT molecular complexity index is 1290. The minimum Gasteiger partial charge on any atom is -0.0616 e. The van der Waals surface area contributed by atoms with Crippen molar-refractivity contribution < 1.29 is 0 Å². The number of rotatable bonds is 0. The van der Waals surface area contributed by atoms with E-state index in [1.165, 1.54) is 67.1 Å². The van der Waals surface area contributed by atoms with E-state index in [0.717, 1.165) is 0 Å². The number of hydrogen-bond donors (Lipinski definition) is 0. The van der Waals surface area contributed by atoms with Gasteiger partial charge in [0.05, 0.1) is 0 Å². The Kier molecular flexibility index (Phi) is 2.28. The van der Waals surface area contributed by atoms with Crippen LogP contribution < -0.4 is 0 Å². The lowest BCUT2D eigenvalue weighted by atomic mass is 9.93. The van der Waals surface area contributed by atoms with Crippen LogP contribution in [0.3, 0.4) is 0 Å². The van der Waals surface area contributed by atoms with Crippen LogP contribution >= 0.6 is 0 Å². The monoisotopic (exact) mass is 304 g/mol. The molecule has 0 aromatic heterocycles. The molecule has 0 aliphatic heterocycles. The molecule has 112 valence electrons. The Labute approximate surface area is 140 Å². The normalized spacial score (nSPS) is 13.5. The zero-order chi connectivity index (χ0) is 15.7. The van der Waals surface area contributed by atoms with Crippen LogP contribution in [-0.4, -0.2) is 0 Å². The topological polar surface area (TPSA) is 0 Å². The van der Waals surface area contributed by atoms with Gasteiger partial charge in [-0.05, 0) is 79.2 Å². The smallest absolute Gasteiger partial charge is 0.00987 e. The van der Waals surface area contributed by atoms with Gasteiger partial charge in [0, 0.05) is 0 Å². The van der Waals surface area contributed by atoms with Gasteiger partial charge in [0.2, 0.25) is 0 Å². The summed E-state index contributed by atoms with van der Waals surface area (Å²) in [7, 11) is 0. The third-order valence-corrected chi connectivity index (χ3v) is 5.67. The molecule has 0 spiro atoms. The van der Waals surface area contributed by atoms with E-state index in [-0.39, 0.29) is 0 Å². The molecule has 0 N–H and O–H groups in total. The van der Waals surface area contributed by atoms with Gasteiger partial charge in [-0.25, -0.2) is 0 Å². The van der Waals surface area contributed by atoms with Crippen LogP contribution in [0.1, 0.15) is 11.1 Å². The van der Waals surface area contributed by atoms with Gasteiger partial charge in [-0.3, -0.25) is 0 Å². The summed E-state index contributed by atoms with van der Waals surface area (Å²) in [5.41, 5.74) is 3.04. The van der Waals surface area contributed by atoms with Gasteiger partial charge in [-0.15, -0.1) is 0 Å². The summed E-state index contributed by atoms with van der Waals surface area (Å²) in [5, 5.41) is 11.1. The predicted molar refractivity (Wildman–Crippen MR) is 104 cm³/mol. The first-order valence-electron chi connectivity index (χ1n) is 8.67. The maximum atomic E-state index is 2.43. The number of benzene rings is 5. The van der Waals surface area contributed by atoms with Gasteiger partial charge in [0.15, 0.2) is 0 Å². The minimum absolute atomic E-state index is 1.18. The largest absolute Gasteiger partial charge is 0.0616 e. The Balaban J connectivity index is 1.86. The van der Waals surface area contributed by atoms with Gasteiger partial charge >= 0.3 is 0 Å². The summed E-state index contributed by atoms with van der Waals surface area (Å²) < 4.78 is 0. The van der Waals surface area contributed by atoms with E-state index >= 15 is 0 Å². The second-order valence-corrected chi connectivity index (χ2v) is 6.96. The van der Waals surface area contributed by atoms with Crippen LogP contribution in [0.15, 0.2) is 72.8 Å². The first-order valence-corrected chi connectivity index (χ1v) is 8.67. The van der Waals surface area contributed by atoms with E-state index in [1.54, 1.807) is 0 Å². The summed E-state index contributed by atoms with van der Waals surface area (Å²) in [5.74, 6) is 0. The highest BCUT2D eigenvalue weighted by atomic mass is 14.2. The molecule has 1 aliphatic rings. The molecule has 1 aliphatic carbocycles. The first kappa shape index (κ1) is 12.5. The van der Waals surface area contributed by atoms with Crippen molar-refractivity contribution in [2.45, 2.75) is 12.8 Å². The molecule has 0 amide bonds. The predicted octanol–water partition coefficient (Wildman–Crippen LogP) is 6.40. The van der Waals surface area contributed by atoms with Crippen molar-refractivity contribution in [1.29, 1.82) is 0 Å². The molecular formula is C24H16. The molecule has 0 heteroatoms. The highest BCUT2D eigenvalue weighted by Gasteiger charge is 2.16. The summed E-state index contributed by atoms with van der Waals surface area (Å²) >= 11 is 0. The van der Waals surface area contributed by atoms with E-state index < -0.39 is 0 Å². The van der Waals surface area contributed by atoms with Crippen LogP contribution in [0.4, 0.5) is 0 Å². The molecule has 6 rings (SSSR count). The Morgan fingerprint density at radius 1 is 0.458 bits per heavy atom. The lowest BCUT2D eigenvalue weighted by molar-refractivity contribution is 1.03. The van der Waals surface area contributed by atoms with Gasteiger partial charge in [0.25, 0.3) is 0 Å². The highest BCUT2D eigenvalue weighted by molar-refractivity contribution is 6.18. The number of hydrogen-bond acceptors (Lipinski definition) is 0. The van der Waals surface area contributed by atoms with Crippen molar-refractivity contribution >= 4 is 43.1 Å². The molecule has 5 aromatic carbocycles. The molecule has 0 saturated carbocycles. The number of aryl methyl sites for hydroxylation is 2. The van der Waals surface area contributed by atoms with Crippen molar-refractivity contribution in [2.75, 3.05) is 0 Å². The summed E-state index contributed by atoms with van der Waals surface area (Å²) in [6.45, 7) is 0. The molecule has 0 nitrogen and oxygen atoms in total. The summed E-state index contributed by atoms with van der Waals surface area (Å²) in [4.78, 5) is 0. The lowest BCUT2D eigenvalue weighted by Crippen LogP contribution is -1.85. The van der Waals surface area contributed by atoms with Crippen LogP contribution in [-0.2, 0) is 12.8 Å². The molecule has 0 atom stereocenters. The van der Waals surface area contributed by atoms with Crippen molar-refractivity contribution in [1.82, 2.24) is 0 Å². The zero-order valence-electron chi connectivity index (χ0n) is 13.3. The fourth-order valence-electron chi connectivity index (χ4n) is 4.56. The van der Waals surface area contributed by atoms with E-state index in [9.17, 15) is 0 Å². The van der Waals surface area contributed by atoms with Crippen LogP contribution in [0, 0.1) is 0 Å². The molecule has 0 saturated heterocycles. The Morgan fingerprint density at radius 3 is 2.21 bits per heavy atom. The Hall–Kier alpha value is -2.86. The van der Waals surface area contributed by atoms with Gasteiger partial charge in [0.1, 0.15) is 0 Å². The van der Waals surface area contributed by atoms with Crippen LogP contribution in [0.5, 0.6) is 0 Å².